The van der Waals surface area contributed by atoms with Gasteiger partial charge in [-0.2, -0.15) is 4.39 Å². The van der Waals surface area contributed by atoms with Crippen molar-refractivity contribution in [1.29, 1.82) is 0 Å². The van der Waals surface area contributed by atoms with Crippen LogP contribution in [0.5, 0.6) is 5.75 Å². The first kappa shape index (κ1) is 24.5. The first-order valence-electron chi connectivity index (χ1n) is 13.6. The zero-order valence-electron chi connectivity index (χ0n) is 20.6. The zero-order valence-corrected chi connectivity index (χ0v) is 20.6. The zero-order chi connectivity index (χ0) is 23.2. The molecular weight excluding hydrogens is 414 g/mol. The molecule has 4 rings (SSSR count). The largest absolute Gasteiger partial charge is 0.462 e. The van der Waals surface area contributed by atoms with Crippen LogP contribution < -0.4 is 4.74 Å². The molecule has 0 spiro atoms. The molecule has 1 atom stereocenters. The summed E-state index contributed by atoms with van der Waals surface area (Å²) in [5.74, 6) is 2.73. The van der Waals surface area contributed by atoms with E-state index >= 15 is 0 Å². The topological polar surface area (TPSA) is 9.23 Å². The second-order valence-electron chi connectivity index (χ2n) is 10.8. The Bertz CT molecular complexity index is 826. The molecule has 0 amide bonds. The Balaban J connectivity index is 1.28. The van der Waals surface area contributed by atoms with Crippen molar-refractivity contribution in [2.24, 2.45) is 29.6 Å². The van der Waals surface area contributed by atoms with Crippen LogP contribution in [0.2, 0.25) is 0 Å². The van der Waals surface area contributed by atoms with Gasteiger partial charge in [-0.05, 0) is 112 Å². The molecule has 0 aliphatic heterocycles. The van der Waals surface area contributed by atoms with Crippen LogP contribution in [0, 0.1) is 41.2 Å². The van der Waals surface area contributed by atoms with Crippen LogP contribution in [-0.2, 0) is 0 Å². The maximum atomic E-state index is 14.7. The highest BCUT2D eigenvalue weighted by molar-refractivity contribution is 5.67. The lowest BCUT2D eigenvalue weighted by molar-refractivity contribution is 0.121. The molecule has 1 unspecified atom stereocenters. The first-order chi connectivity index (χ1) is 16.1. The summed E-state index contributed by atoms with van der Waals surface area (Å²) in [6.07, 6.45) is 22.4. The normalized spacial score (nSPS) is 30.9. The molecule has 0 heterocycles. The molecule has 0 bridgehead atoms. The lowest BCUT2D eigenvalue weighted by Crippen LogP contribution is -2.28. The summed E-state index contributed by atoms with van der Waals surface area (Å²) in [5.41, 5.74) is 1.36. The fourth-order valence-electron chi connectivity index (χ4n) is 6.98. The molecule has 0 saturated heterocycles. The van der Waals surface area contributed by atoms with Crippen molar-refractivity contribution in [1.82, 2.24) is 0 Å². The molecule has 2 saturated carbocycles. The molecule has 3 aliphatic carbocycles. The van der Waals surface area contributed by atoms with Gasteiger partial charge in [-0.3, -0.25) is 0 Å². The first-order valence-corrected chi connectivity index (χ1v) is 13.6. The van der Waals surface area contributed by atoms with E-state index in [4.69, 9.17) is 4.74 Å². The van der Waals surface area contributed by atoms with Gasteiger partial charge >= 0.3 is 0 Å². The molecule has 3 aliphatic rings. The van der Waals surface area contributed by atoms with Crippen LogP contribution in [0.3, 0.4) is 0 Å². The third kappa shape index (κ3) is 5.89. The molecule has 1 aromatic rings. The average Bonchev–Trinajstić information content (AvgIpc) is 2.86. The Hall–Kier alpha value is -1.64. The van der Waals surface area contributed by atoms with Crippen molar-refractivity contribution >= 4 is 5.57 Å². The number of halogens is 2. The van der Waals surface area contributed by atoms with E-state index in [0.29, 0.717) is 11.5 Å². The summed E-state index contributed by atoms with van der Waals surface area (Å²) in [4.78, 5) is 0. The molecule has 0 aromatic heterocycles. The van der Waals surface area contributed by atoms with Gasteiger partial charge in [0.1, 0.15) is 0 Å². The predicted octanol–water partition coefficient (Wildman–Crippen LogP) is 9.47. The average molecular weight is 457 g/mol. The summed E-state index contributed by atoms with van der Waals surface area (Å²) in [5, 5.41) is 0. The van der Waals surface area contributed by atoms with Gasteiger partial charge in [-0.15, -0.1) is 0 Å². The minimum Gasteiger partial charge on any atom is -0.462 e. The standard InChI is InChI=1S/C30H42F2O/c1-3-5-21-6-8-22(9-7-21)23-10-12-24(13-11-23)25-14-16-26(17-15-25)27-18-19-28(33-20-4-2)30(32)29(27)31/h4,16,18-25H,3,5-15,17H2,1-2H3/b20-4+. The molecule has 1 aromatic carbocycles. The monoisotopic (exact) mass is 456 g/mol. The second-order valence-corrected chi connectivity index (χ2v) is 10.8. The summed E-state index contributed by atoms with van der Waals surface area (Å²) in [7, 11) is 0. The minimum absolute atomic E-state index is 0.0563. The van der Waals surface area contributed by atoms with Gasteiger partial charge in [-0.1, -0.05) is 44.8 Å². The third-order valence-corrected chi connectivity index (χ3v) is 8.91. The Kier molecular flexibility index (Phi) is 8.66. The molecule has 33 heavy (non-hydrogen) atoms. The Morgan fingerprint density at radius 2 is 1.48 bits per heavy atom. The van der Waals surface area contributed by atoms with Crippen molar-refractivity contribution in [3.05, 3.63) is 47.7 Å². The molecule has 0 N–H and O–H groups in total. The van der Waals surface area contributed by atoms with Gasteiger partial charge in [0.2, 0.25) is 5.82 Å². The number of benzene rings is 1. The van der Waals surface area contributed by atoms with E-state index in [1.54, 1.807) is 19.1 Å². The lowest BCUT2D eigenvalue weighted by atomic mass is 9.65. The Labute approximate surface area is 199 Å². The Morgan fingerprint density at radius 3 is 2.06 bits per heavy atom. The summed E-state index contributed by atoms with van der Waals surface area (Å²) in [6, 6.07) is 3.21. The molecular formula is C30H42F2O. The van der Waals surface area contributed by atoms with E-state index in [-0.39, 0.29) is 5.75 Å². The van der Waals surface area contributed by atoms with Crippen molar-refractivity contribution in [2.75, 3.05) is 0 Å². The van der Waals surface area contributed by atoms with Crippen LogP contribution in [0.15, 0.2) is 30.5 Å². The Morgan fingerprint density at radius 1 is 0.848 bits per heavy atom. The maximum absolute atomic E-state index is 14.7. The number of rotatable bonds is 7. The van der Waals surface area contributed by atoms with Gasteiger partial charge in [0.05, 0.1) is 6.26 Å². The number of hydrogen-bond donors (Lipinski definition) is 0. The summed E-state index contributed by atoms with van der Waals surface area (Å²) in [6.45, 7) is 4.10. The lowest BCUT2D eigenvalue weighted by Gasteiger charge is -2.40. The van der Waals surface area contributed by atoms with Crippen molar-refractivity contribution < 1.29 is 13.5 Å². The van der Waals surface area contributed by atoms with Gasteiger partial charge in [0.25, 0.3) is 0 Å². The highest BCUT2D eigenvalue weighted by atomic mass is 19.2. The quantitative estimate of drug-likeness (QED) is 0.371. The third-order valence-electron chi connectivity index (χ3n) is 8.91. The van der Waals surface area contributed by atoms with E-state index in [0.717, 1.165) is 48.5 Å². The smallest absolute Gasteiger partial charge is 0.201 e. The molecule has 182 valence electrons. The van der Waals surface area contributed by atoms with E-state index in [2.05, 4.69) is 13.0 Å². The van der Waals surface area contributed by atoms with Crippen molar-refractivity contribution in [3.8, 4) is 5.75 Å². The summed E-state index contributed by atoms with van der Waals surface area (Å²) < 4.78 is 34.2. The molecule has 0 radical (unpaired) electrons. The molecule has 3 heteroatoms. The van der Waals surface area contributed by atoms with Crippen molar-refractivity contribution in [2.45, 2.75) is 97.3 Å². The van der Waals surface area contributed by atoms with Gasteiger partial charge < -0.3 is 4.74 Å². The number of ether oxygens (including phenoxy) is 1. The van der Waals surface area contributed by atoms with Gasteiger partial charge in [0.15, 0.2) is 11.6 Å². The molecule has 1 nitrogen and oxygen atoms in total. The van der Waals surface area contributed by atoms with Crippen LogP contribution in [0.25, 0.3) is 5.57 Å². The maximum Gasteiger partial charge on any atom is 0.201 e. The van der Waals surface area contributed by atoms with Crippen LogP contribution in [-0.4, -0.2) is 0 Å². The van der Waals surface area contributed by atoms with E-state index in [1.807, 2.05) is 0 Å². The van der Waals surface area contributed by atoms with Crippen LogP contribution in [0.1, 0.15) is 103 Å². The van der Waals surface area contributed by atoms with E-state index in [9.17, 15) is 8.78 Å². The molecule has 2 fully saturated rings. The predicted molar refractivity (Wildman–Crippen MR) is 133 cm³/mol. The van der Waals surface area contributed by atoms with E-state index < -0.39 is 11.6 Å². The van der Waals surface area contributed by atoms with Gasteiger partial charge in [0, 0.05) is 5.56 Å². The van der Waals surface area contributed by atoms with Crippen LogP contribution in [0.4, 0.5) is 8.78 Å². The number of hydrogen-bond acceptors (Lipinski definition) is 1. The van der Waals surface area contributed by atoms with Gasteiger partial charge in [-0.25, -0.2) is 4.39 Å². The van der Waals surface area contributed by atoms with E-state index in [1.165, 1.54) is 76.5 Å². The highest BCUT2D eigenvalue weighted by Gasteiger charge is 2.34. The second kappa shape index (κ2) is 11.7. The highest BCUT2D eigenvalue weighted by Crippen LogP contribution is 2.46. The minimum atomic E-state index is -0.893. The number of allylic oxidation sites excluding steroid dienone is 3. The fourth-order valence-corrected chi connectivity index (χ4v) is 6.98. The SMILES string of the molecule is C/C=C/Oc1ccc(C2=CCC(C3CCC(C4CCC(CCC)CC4)CC3)CC2)c(F)c1F. The summed E-state index contributed by atoms with van der Waals surface area (Å²) >= 11 is 0. The van der Waals surface area contributed by atoms with Crippen LogP contribution >= 0.6 is 0 Å². The van der Waals surface area contributed by atoms with Crippen molar-refractivity contribution in [3.63, 3.8) is 0 Å². The fraction of sp³-hybridized carbons (Fsp3) is 0.667.